The first-order chi connectivity index (χ1) is 10.2. The van der Waals surface area contributed by atoms with Crippen LogP contribution in [-0.4, -0.2) is 39.9 Å². The lowest BCUT2D eigenvalue weighted by Crippen LogP contribution is -2.40. The van der Waals surface area contributed by atoms with E-state index in [-0.39, 0.29) is 11.9 Å². The van der Waals surface area contributed by atoms with Crippen molar-refractivity contribution < 1.29 is 4.79 Å². The molecule has 1 aliphatic heterocycles. The van der Waals surface area contributed by atoms with Gasteiger partial charge in [-0.3, -0.25) is 4.79 Å². The molecule has 0 saturated carbocycles. The zero-order chi connectivity index (χ0) is 14.8. The lowest BCUT2D eigenvalue weighted by atomic mass is 10.2. The zero-order valence-electron chi connectivity index (χ0n) is 12.4. The normalized spacial score (nSPS) is 18.6. The first-order valence-corrected chi connectivity index (χ1v) is 7.63. The monoisotopic (exact) mass is 286 g/mol. The van der Waals surface area contributed by atoms with Crippen LogP contribution in [0.4, 0.5) is 0 Å². The van der Waals surface area contributed by atoms with E-state index in [1.54, 1.807) is 0 Å². The third kappa shape index (κ3) is 2.78. The van der Waals surface area contributed by atoms with E-state index in [0.29, 0.717) is 19.4 Å². The van der Waals surface area contributed by atoms with Gasteiger partial charge >= 0.3 is 0 Å². The highest BCUT2D eigenvalue weighted by molar-refractivity contribution is 5.79. The molecule has 0 aliphatic carbocycles. The second kappa shape index (κ2) is 5.85. The number of imidazole rings is 1. The fourth-order valence-corrected chi connectivity index (χ4v) is 3.12. The van der Waals surface area contributed by atoms with Crippen molar-refractivity contribution in [3.05, 3.63) is 29.6 Å². The predicted molar refractivity (Wildman–Crippen MR) is 82.9 cm³/mol. The molecule has 5 nitrogen and oxygen atoms in total. The first kappa shape index (κ1) is 14.1. The summed E-state index contributed by atoms with van der Waals surface area (Å²) in [6.07, 6.45) is 3.25. The number of rotatable bonds is 4. The van der Waals surface area contributed by atoms with Crippen LogP contribution in [0, 0.1) is 6.92 Å². The molecule has 1 saturated heterocycles. The number of carbonyl (C=O) groups is 1. The Balaban J connectivity index is 1.66. The van der Waals surface area contributed by atoms with Crippen LogP contribution in [0.1, 0.15) is 30.7 Å². The van der Waals surface area contributed by atoms with Gasteiger partial charge in [-0.15, -0.1) is 0 Å². The number of benzene rings is 1. The van der Waals surface area contributed by atoms with Crippen LogP contribution in [0.2, 0.25) is 0 Å². The molecule has 1 aromatic heterocycles. The minimum absolute atomic E-state index is 0.195. The molecular weight excluding hydrogens is 264 g/mol. The molecule has 3 N–H and O–H groups in total. The van der Waals surface area contributed by atoms with Crippen LogP contribution < -0.4 is 5.73 Å². The van der Waals surface area contributed by atoms with Gasteiger partial charge in [-0.05, 0) is 31.4 Å². The molecule has 0 spiro atoms. The summed E-state index contributed by atoms with van der Waals surface area (Å²) in [6, 6.07) is 6.32. The summed E-state index contributed by atoms with van der Waals surface area (Å²) in [5.41, 5.74) is 8.92. The molecule has 1 atom stereocenters. The molecule has 3 rings (SSSR count). The zero-order valence-corrected chi connectivity index (χ0v) is 12.4. The van der Waals surface area contributed by atoms with Crippen molar-refractivity contribution in [2.24, 2.45) is 5.73 Å². The maximum Gasteiger partial charge on any atom is 0.223 e. The molecule has 1 fully saturated rings. The number of carbonyl (C=O) groups excluding carboxylic acids is 1. The lowest BCUT2D eigenvalue weighted by molar-refractivity contribution is -0.131. The van der Waals surface area contributed by atoms with Gasteiger partial charge in [0.2, 0.25) is 5.91 Å². The molecule has 5 heteroatoms. The second-order valence-electron chi connectivity index (χ2n) is 5.77. The van der Waals surface area contributed by atoms with E-state index < -0.39 is 0 Å². The highest BCUT2D eigenvalue weighted by atomic mass is 16.2. The van der Waals surface area contributed by atoms with Crippen LogP contribution in [0.5, 0.6) is 0 Å². The Labute approximate surface area is 124 Å². The third-order valence-electron chi connectivity index (χ3n) is 4.31. The summed E-state index contributed by atoms with van der Waals surface area (Å²) < 4.78 is 0. The number of likely N-dealkylation sites (tertiary alicyclic amines) is 1. The van der Waals surface area contributed by atoms with Gasteiger partial charge in [0.25, 0.3) is 0 Å². The maximum absolute atomic E-state index is 12.3. The first-order valence-electron chi connectivity index (χ1n) is 7.63. The van der Waals surface area contributed by atoms with Gasteiger partial charge in [-0.1, -0.05) is 12.1 Å². The van der Waals surface area contributed by atoms with Gasteiger partial charge in [0.1, 0.15) is 5.82 Å². The number of nitrogens with zero attached hydrogens (tertiary/aromatic N) is 2. The molecule has 1 unspecified atom stereocenters. The van der Waals surface area contributed by atoms with E-state index in [1.807, 2.05) is 30.0 Å². The second-order valence-corrected chi connectivity index (χ2v) is 5.77. The SMILES string of the molecule is Cc1cccc2[nH]c(CCC(=O)N3CCCC3CN)nc12. The number of para-hydroxylation sites is 1. The number of aromatic amines is 1. The Morgan fingerprint density at radius 3 is 3.14 bits per heavy atom. The predicted octanol–water partition coefficient (Wildman–Crippen LogP) is 1.75. The summed E-state index contributed by atoms with van der Waals surface area (Å²) in [7, 11) is 0. The summed E-state index contributed by atoms with van der Waals surface area (Å²) in [4.78, 5) is 22.1. The highest BCUT2D eigenvalue weighted by Gasteiger charge is 2.27. The summed E-state index contributed by atoms with van der Waals surface area (Å²) in [5.74, 6) is 1.08. The molecule has 1 aromatic carbocycles. The minimum atomic E-state index is 0.195. The van der Waals surface area contributed by atoms with Crippen molar-refractivity contribution in [3.63, 3.8) is 0 Å². The molecule has 1 amide bonds. The lowest BCUT2D eigenvalue weighted by Gasteiger charge is -2.23. The van der Waals surface area contributed by atoms with Crippen molar-refractivity contribution in [3.8, 4) is 0 Å². The quantitative estimate of drug-likeness (QED) is 0.899. The molecule has 21 heavy (non-hydrogen) atoms. The molecule has 0 bridgehead atoms. The van der Waals surface area contributed by atoms with Crippen molar-refractivity contribution in [1.29, 1.82) is 0 Å². The number of fused-ring (bicyclic) bond motifs is 1. The Morgan fingerprint density at radius 1 is 1.52 bits per heavy atom. The van der Waals surface area contributed by atoms with E-state index in [2.05, 4.69) is 9.97 Å². The minimum Gasteiger partial charge on any atom is -0.342 e. The molecular formula is C16H22N4O. The Hall–Kier alpha value is -1.88. The fourth-order valence-electron chi connectivity index (χ4n) is 3.12. The topological polar surface area (TPSA) is 75.0 Å². The van der Waals surface area contributed by atoms with Crippen molar-refractivity contribution >= 4 is 16.9 Å². The fraction of sp³-hybridized carbons (Fsp3) is 0.500. The number of nitrogens with one attached hydrogen (secondary N) is 1. The van der Waals surface area contributed by atoms with E-state index in [1.165, 1.54) is 0 Å². The van der Waals surface area contributed by atoms with Crippen LogP contribution in [0.15, 0.2) is 18.2 Å². The van der Waals surface area contributed by atoms with E-state index >= 15 is 0 Å². The Kier molecular flexibility index (Phi) is 3.92. The largest absolute Gasteiger partial charge is 0.342 e. The van der Waals surface area contributed by atoms with Gasteiger partial charge in [0.05, 0.1) is 11.0 Å². The molecule has 1 aliphatic rings. The number of amides is 1. The summed E-state index contributed by atoms with van der Waals surface area (Å²) in [5, 5.41) is 0. The average molecular weight is 286 g/mol. The van der Waals surface area contributed by atoms with Crippen molar-refractivity contribution in [2.45, 2.75) is 38.6 Å². The van der Waals surface area contributed by atoms with Gasteiger partial charge in [0.15, 0.2) is 0 Å². The van der Waals surface area contributed by atoms with Crippen LogP contribution in [-0.2, 0) is 11.2 Å². The summed E-state index contributed by atoms with van der Waals surface area (Å²) in [6.45, 7) is 3.46. The van der Waals surface area contributed by atoms with E-state index in [0.717, 1.165) is 41.8 Å². The van der Waals surface area contributed by atoms with Gasteiger partial charge in [-0.2, -0.15) is 0 Å². The smallest absolute Gasteiger partial charge is 0.223 e. The number of aromatic nitrogens is 2. The number of H-pyrrole nitrogens is 1. The van der Waals surface area contributed by atoms with E-state index in [4.69, 9.17) is 5.73 Å². The number of aryl methyl sites for hydroxylation is 2. The highest BCUT2D eigenvalue weighted by Crippen LogP contribution is 2.19. The van der Waals surface area contributed by atoms with Crippen molar-refractivity contribution in [1.82, 2.24) is 14.9 Å². The number of hydrogen-bond acceptors (Lipinski definition) is 3. The number of nitrogens with two attached hydrogens (primary N) is 1. The standard InChI is InChI=1S/C16H22N4O/c1-11-4-2-6-13-16(11)19-14(18-13)7-8-15(21)20-9-3-5-12(20)10-17/h2,4,6,12H,3,5,7-10,17H2,1H3,(H,18,19). The van der Waals surface area contributed by atoms with Crippen LogP contribution >= 0.6 is 0 Å². The molecule has 112 valence electrons. The van der Waals surface area contributed by atoms with E-state index in [9.17, 15) is 4.79 Å². The average Bonchev–Trinajstić information content (AvgIpc) is 3.11. The van der Waals surface area contributed by atoms with Crippen LogP contribution in [0.25, 0.3) is 11.0 Å². The molecule has 0 radical (unpaired) electrons. The third-order valence-corrected chi connectivity index (χ3v) is 4.31. The Bertz CT molecular complexity index is 649. The molecule has 2 heterocycles. The van der Waals surface area contributed by atoms with Crippen molar-refractivity contribution in [2.75, 3.05) is 13.1 Å². The summed E-state index contributed by atoms with van der Waals surface area (Å²) >= 11 is 0. The van der Waals surface area contributed by atoms with Gasteiger partial charge in [0, 0.05) is 32.0 Å². The molecule has 2 aromatic rings. The van der Waals surface area contributed by atoms with Gasteiger partial charge < -0.3 is 15.6 Å². The number of hydrogen-bond donors (Lipinski definition) is 2. The Morgan fingerprint density at radius 2 is 2.38 bits per heavy atom. The maximum atomic E-state index is 12.3. The van der Waals surface area contributed by atoms with Gasteiger partial charge in [-0.25, -0.2) is 4.98 Å². The van der Waals surface area contributed by atoms with Crippen LogP contribution in [0.3, 0.4) is 0 Å².